The molecule has 65 valence electrons. The highest BCUT2D eigenvalue weighted by Gasteiger charge is 2.12. The van der Waals surface area contributed by atoms with Crippen LogP contribution in [0.25, 0.3) is 11.1 Å². The van der Waals surface area contributed by atoms with Crippen molar-refractivity contribution in [1.29, 1.82) is 0 Å². The first-order valence-electron chi connectivity index (χ1n) is 3.43. The second kappa shape index (κ2) is 3.01. The molecule has 2 heterocycles. The highest BCUT2D eigenvalue weighted by molar-refractivity contribution is 6.44. The van der Waals surface area contributed by atoms with Crippen molar-refractivity contribution >= 4 is 35.8 Å². The third-order valence-electron chi connectivity index (χ3n) is 1.58. The summed E-state index contributed by atoms with van der Waals surface area (Å²) >= 11 is 5.59. The Morgan fingerprint density at radius 2 is 2.38 bits per heavy atom. The number of hydrogen-bond donors (Lipinski definition) is 1. The molecular weight excluding hydrogens is 195 g/mol. The number of aromatic nitrogens is 1. The summed E-state index contributed by atoms with van der Waals surface area (Å²) < 4.78 is 17.8. The van der Waals surface area contributed by atoms with Crippen LogP contribution < -0.4 is 5.66 Å². The van der Waals surface area contributed by atoms with E-state index in [1.54, 1.807) is 0 Å². The standard InChI is InChI=1S/C7H3BClFNO2/c9-6-3(10)2-11-4-1-5(8-12)13-7(4)6/h1-2,12H. The zero-order valence-corrected chi connectivity index (χ0v) is 7.05. The maximum atomic E-state index is 12.8. The van der Waals surface area contributed by atoms with Gasteiger partial charge in [0.15, 0.2) is 11.4 Å². The van der Waals surface area contributed by atoms with Gasteiger partial charge in [-0.3, -0.25) is 0 Å². The summed E-state index contributed by atoms with van der Waals surface area (Å²) in [5, 5.41) is 8.49. The van der Waals surface area contributed by atoms with Gasteiger partial charge in [0.1, 0.15) is 10.5 Å². The smallest absolute Gasteiger partial charge is 0.373 e. The molecule has 3 nitrogen and oxygen atoms in total. The van der Waals surface area contributed by atoms with Gasteiger partial charge in [-0.25, -0.2) is 9.37 Å². The average Bonchev–Trinajstić information content (AvgIpc) is 2.55. The third-order valence-corrected chi connectivity index (χ3v) is 1.94. The maximum absolute atomic E-state index is 12.8. The van der Waals surface area contributed by atoms with Gasteiger partial charge in [0.05, 0.1) is 11.9 Å². The SMILES string of the molecule is O[B]c1cc2ncc(F)c(Cl)c2o1. The van der Waals surface area contributed by atoms with E-state index in [9.17, 15) is 4.39 Å². The van der Waals surface area contributed by atoms with E-state index in [-0.39, 0.29) is 16.3 Å². The van der Waals surface area contributed by atoms with Crippen LogP contribution in [0.4, 0.5) is 4.39 Å². The molecule has 0 spiro atoms. The van der Waals surface area contributed by atoms with E-state index in [2.05, 4.69) is 4.98 Å². The maximum Gasteiger partial charge on any atom is 0.373 e. The van der Waals surface area contributed by atoms with Crippen LogP contribution in [-0.2, 0) is 0 Å². The van der Waals surface area contributed by atoms with E-state index in [1.807, 2.05) is 0 Å². The molecule has 0 aromatic carbocycles. The molecule has 2 aromatic rings. The molecule has 1 N–H and O–H groups in total. The largest absolute Gasteiger partial charge is 0.465 e. The van der Waals surface area contributed by atoms with Gasteiger partial charge in [0.2, 0.25) is 0 Å². The van der Waals surface area contributed by atoms with Crippen molar-refractivity contribution in [2.24, 2.45) is 0 Å². The normalized spacial score (nSPS) is 10.7. The summed E-state index contributed by atoms with van der Waals surface area (Å²) in [5.41, 5.74) is 0.740. The lowest BCUT2D eigenvalue weighted by molar-refractivity contribution is 0.580. The molecule has 2 rings (SSSR count). The molecule has 0 amide bonds. The Hall–Kier alpha value is -1.07. The van der Waals surface area contributed by atoms with Crippen LogP contribution >= 0.6 is 11.6 Å². The van der Waals surface area contributed by atoms with Crippen molar-refractivity contribution in [1.82, 2.24) is 4.98 Å². The van der Waals surface area contributed by atoms with Crippen molar-refractivity contribution in [3.63, 3.8) is 0 Å². The van der Waals surface area contributed by atoms with Crippen LogP contribution in [0, 0.1) is 5.82 Å². The average molecular weight is 198 g/mol. The number of nitrogens with zero attached hydrogens (tertiary/aromatic N) is 1. The summed E-state index contributed by atoms with van der Waals surface area (Å²) in [6, 6.07) is 1.46. The van der Waals surface area contributed by atoms with Gasteiger partial charge in [-0.1, -0.05) is 11.6 Å². The molecule has 2 aromatic heterocycles. The van der Waals surface area contributed by atoms with Crippen LogP contribution in [-0.4, -0.2) is 17.5 Å². The van der Waals surface area contributed by atoms with Gasteiger partial charge in [-0.2, -0.15) is 0 Å². The molecule has 0 fully saturated rings. The lowest BCUT2D eigenvalue weighted by atomic mass is 9.98. The van der Waals surface area contributed by atoms with Gasteiger partial charge in [-0.15, -0.1) is 0 Å². The van der Waals surface area contributed by atoms with Crippen LogP contribution in [0.1, 0.15) is 0 Å². The summed E-state index contributed by atoms with van der Waals surface area (Å²) in [6.45, 7) is 0. The van der Waals surface area contributed by atoms with Crippen LogP contribution in [0.5, 0.6) is 0 Å². The van der Waals surface area contributed by atoms with E-state index in [1.165, 1.54) is 6.07 Å². The topological polar surface area (TPSA) is 46.3 Å². The molecule has 0 bridgehead atoms. The van der Waals surface area contributed by atoms with Gasteiger partial charge in [-0.05, 0) is 6.07 Å². The third kappa shape index (κ3) is 1.30. The second-order valence-electron chi connectivity index (χ2n) is 2.41. The molecule has 0 saturated carbocycles. The summed E-state index contributed by atoms with van der Waals surface area (Å²) in [4.78, 5) is 3.73. The molecule has 6 heteroatoms. The Morgan fingerprint density at radius 1 is 1.62 bits per heavy atom. The Bertz CT molecular complexity index is 459. The first kappa shape index (κ1) is 8.53. The minimum absolute atomic E-state index is 0.127. The summed E-state index contributed by atoms with van der Waals surface area (Å²) in [5.74, 6) is -0.645. The molecule has 1 radical (unpaired) electrons. The highest BCUT2D eigenvalue weighted by atomic mass is 35.5. The van der Waals surface area contributed by atoms with Crippen LogP contribution in [0.2, 0.25) is 5.02 Å². The van der Waals surface area contributed by atoms with Crippen molar-refractivity contribution in [3.8, 4) is 0 Å². The highest BCUT2D eigenvalue weighted by Crippen LogP contribution is 2.23. The monoisotopic (exact) mass is 198 g/mol. The molecule has 13 heavy (non-hydrogen) atoms. The fourth-order valence-electron chi connectivity index (χ4n) is 1.01. The molecule has 0 atom stereocenters. The molecule has 0 aliphatic carbocycles. The first-order chi connectivity index (χ1) is 6.22. The van der Waals surface area contributed by atoms with Crippen molar-refractivity contribution in [3.05, 3.63) is 23.1 Å². The summed E-state index contributed by atoms with van der Waals surface area (Å²) in [7, 11) is 0.760. The Labute approximate surface area is 78.4 Å². The summed E-state index contributed by atoms with van der Waals surface area (Å²) in [6.07, 6.45) is 1.00. The zero-order valence-electron chi connectivity index (χ0n) is 6.29. The number of furan rings is 1. The van der Waals surface area contributed by atoms with Gasteiger partial charge in [0.25, 0.3) is 0 Å². The number of pyridine rings is 1. The lowest BCUT2D eigenvalue weighted by Crippen LogP contribution is -2.08. The fraction of sp³-hybridized carbons (Fsp3) is 0. The van der Waals surface area contributed by atoms with Crippen LogP contribution in [0.15, 0.2) is 16.7 Å². The zero-order chi connectivity index (χ0) is 9.42. The molecule has 0 aliphatic rings. The van der Waals surface area contributed by atoms with Crippen molar-refractivity contribution in [2.75, 3.05) is 0 Å². The lowest BCUT2D eigenvalue weighted by Gasteiger charge is -1.92. The Kier molecular flexibility index (Phi) is 1.98. The molecule has 0 saturated heterocycles. The predicted molar refractivity (Wildman–Crippen MR) is 46.6 cm³/mol. The van der Waals surface area contributed by atoms with E-state index in [4.69, 9.17) is 21.0 Å². The number of rotatable bonds is 1. The minimum atomic E-state index is -0.645. The predicted octanol–water partition coefficient (Wildman–Crippen LogP) is 0.857. The fourth-order valence-corrected chi connectivity index (χ4v) is 1.19. The molecule has 0 aliphatic heterocycles. The number of halogens is 2. The quantitative estimate of drug-likeness (QED) is 0.691. The van der Waals surface area contributed by atoms with E-state index < -0.39 is 5.82 Å². The van der Waals surface area contributed by atoms with E-state index >= 15 is 0 Å². The van der Waals surface area contributed by atoms with E-state index in [0.29, 0.717) is 5.52 Å². The molecule has 0 unspecified atom stereocenters. The van der Waals surface area contributed by atoms with Gasteiger partial charge < -0.3 is 9.44 Å². The van der Waals surface area contributed by atoms with Gasteiger partial charge >= 0.3 is 7.48 Å². The first-order valence-corrected chi connectivity index (χ1v) is 3.81. The van der Waals surface area contributed by atoms with Gasteiger partial charge in [0, 0.05) is 0 Å². The van der Waals surface area contributed by atoms with Crippen molar-refractivity contribution < 1.29 is 13.8 Å². The van der Waals surface area contributed by atoms with Crippen molar-refractivity contribution in [2.45, 2.75) is 0 Å². The van der Waals surface area contributed by atoms with E-state index in [0.717, 1.165) is 13.7 Å². The Balaban J connectivity index is 2.76. The minimum Gasteiger partial charge on any atom is -0.465 e. The Morgan fingerprint density at radius 3 is 3.08 bits per heavy atom. The number of fused-ring (bicyclic) bond motifs is 1. The molecular formula is C7H3BClFNO2. The second-order valence-corrected chi connectivity index (χ2v) is 2.79. The van der Waals surface area contributed by atoms with Crippen LogP contribution in [0.3, 0.4) is 0 Å². The number of hydrogen-bond acceptors (Lipinski definition) is 3.